The Hall–Kier alpha value is -2.62. The van der Waals surface area contributed by atoms with Gasteiger partial charge in [0.1, 0.15) is 5.82 Å². The second-order valence-corrected chi connectivity index (χ2v) is 9.56. The molecule has 1 aliphatic carbocycles. The molecule has 0 aliphatic heterocycles. The normalized spacial score (nSPS) is 14.8. The van der Waals surface area contributed by atoms with Crippen molar-refractivity contribution >= 4 is 17.7 Å². The van der Waals surface area contributed by atoms with Crippen LogP contribution in [0.1, 0.15) is 74.3 Å². The second-order valence-electron chi connectivity index (χ2n) is 9.56. The number of nitrogens with one attached hydrogen (secondary N) is 2. The molecule has 3 rings (SSSR count). The minimum absolute atomic E-state index is 0.0189. The molecule has 1 aliphatic rings. The molecule has 172 valence electrons. The largest absolute Gasteiger partial charge is 0.381 e. The van der Waals surface area contributed by atoms with Crippen LogP contribution in [0.3, 0.4) is 0 Å². The monoisotopic (exact) mass is 436 g/mol. The third kappa shape index (κ3) is 5.06. The lowest BCUT2D eigenvalue weighted by Gasteiger charge is -2.21. The third-order valence-electron chi connectivity index (χ3n) is 6.79. The van der Waals surface area contributed by atoms with E-state index >= 15 is 0 Å². The Balaban J connectivity index is 1.97. The highest BCUT2D eigenvalue weighted by atomic mass is 19.1. The number of benzene rings is 2. The standard InChI is InChI=1S/C28H37FN2O/c1-16(2)30-26-13-12-22(15-25(26)29)27-20(6)18(4)24(19(5)21(27)7)14-17(3)28(32)31-23-10-8-9-11-23/h12-16,23,30H,8-11H2,1-7H3,(H,31,32). The molecule has 32 heavy (non-hydrogen) atoms. The van der Waals surface area contributed by atoms with E-state index in [2.05, 4.69) is 38.3 Å². The van der Waals surface area contributed by atoms with Gasteiger partial charge in [-0.1, -0.05) is 18.9 Å². The lowest BCUT2D eigenvalue weighted by molar-refractivity contribution is -0.118. The quantitative estimate of drug-likeness (QED) is 0.478. The molecule has 0 bridgehead atoms. The van der Waals surface area contributed by atoms with Crippen molar-refractivity contribution in [3.8, 4) is 11.1 Å². The molecule has 4 heteroatoms. The Labute approximate surface area is 192 Å². The van der Waals surface area contributed by atoms with Crippen molar-refractivity contribution in [3.05, 3.63) is 57.4 Å². The van der Waals surface area contributed by atoms with Gasteiger partial charge in [-0.05, 0) is 118 Å². The van der Waals surface area contributed by atoms with Crippen molar-refractivity contribution in [1.29, 1.82) is 0 Å². The molecular formula is C28H37FN2O. The zero-order chi connectivity index (χ0) is 23.6. The summed E-state index contributed by atoms with van der Waals surface area (Å²) < 4.78 is 14.8. The highest BCUT2D eigenvalue weighted by molar-refractivity contribution is 5.98. The number of hydrogen-bond donors (Lipinski definition) is 2. The molecule has 0 spiro atoms. The number of amides is 1. The summed E-state index contributed by atoms with van der Waals surface area (Å²) >= 11 is 0. The van der Waals surface area contributed by atoms with E-state index in [-0.39, 0.29) is 17.8 Å². The SMILES string of the molecule is CC(=Cc1c(C)c(C)c(-c2ccc(NC(C)C)c(F)c2)c(C)c1C)C(=O)NC1CCCC1. The maximum Gasteiger partial charge on any atom is 0.247 e. The summed E-state index contributed by atoms with van der Waals surface area (Å²) in [6.45, 7) is 14.2. The zero-order valence-corrected chi connectivity index (χ0v) is 20.6. The van der Waals surface area contributed by atoms with Gasteiger partial charge in [0.2, 0.25) is 5.91 Å². The first-order valence-electron chi connectivity index (χ1n) is 11.8. The summed E-state index contributed by atoms with van der Waals surface area (Å²) in [5.74, 6) is -0.223. The van der Waals surface area contributed by atoms with Gasteiger partial charge in [0.25, 0.3) is 0 Å². The van der Waals surface area contributed by atoms with Gasteiger partial charge in [-0.25, -0.2) is 4.39 Å². The maximum absolute atomic E-state index is 14.8. The molecule has 0 heterocycles. The third-order valence-corrected chi connectivity index (χ3v) is 6.79. The highest BCUT2D eigenvalue weighted by Gasteiger charge is 2.20. The van der Waals surface area contributed by atoms with Crippen LogP contribution in [0.15, 0.2) is 23.8 Å². The van der Waals surface area contributed by atoms with Gasteiger partial charge < -0.3 is 10.6 Å². The fourth-order valence-electron chi connectivity index (χ4n) is 4.74. The van der Waals surface area contributed by atoms with Crippen molar-refractivity contribution in [2.45, 2.75) is 86.2 Å². The molecule has 1 fully saturated rings. The molecule has 0 aromatic heterocycles. The summed E-state index contributed by atoms with van der Waals surface area (Å²) in [7, 11) is 0. The molecule has 0 unspecified atom stereocenters. The molecular weight excluding hydrogens is 399 g/mol. The van der Waals surface area contributed by atoms with E-state index in [1.165, 1.54) is 12.8 Å². The van der Waals surface area contributed by atoms with Crippen LogP contribution in [0.5, 0.6) is 0 Å². The lowest BCUT2D eigenvalue weighted by Crippen LogP contribution is -2.33. The molecule has 1 amide bonds. The van der Waals surface area contributed by atoms with E-state index in [9.17, 15) is 9.18 Å². The van der Waals surface area contributed by atoms with Crippen LogP contribution < -0.4 is 10.6 Å². The predicted molar refractivity (Wildman–Crippen MR) is 134 cm³/mol. The van der Waals surface area contributed by atoms with Gasteiger partial charge >= 0.3 is 0 Å². The van der Waals surface area contributed by atoms with Gasteiger partial charge in [-0.2, -0.15) is 0 Å². The van der Waals surface area contributed by atoms with Gasteiger partial charge in [0, 0.05) is 17.7 Å². The molecule has 0 saturated heterocycles. The first-order valence-corrected chi connectivity index (χ1v) is 11.8. The number of rotatable bonds is 6. The second kappa shape index (κ2) is 9.89. The average molecular weight is 437 g/mol. The predicted octanol–water partition coefficient (Wildman–Crippen LogP) is 7.01. The number of carbonyl (C=O) groups is 1. The molecule has 0 radical (unpaired) electrons. The van der Waals surface area contributed by atoms with Crippen LogP contribution in [0.4, 0.5) is 10.1 Å². The number of hydrogen-bond acceptors (Lipinski definition) is 2. The maximum atomic E-state index is 14.8. The van der Waals surface area contributed by atoms with Crippen LogP contribution in [0.2, 0.25) is 0 Å². The first kappa shape index (κ1) is 24.0. The lowest BCUT2D eigenvalue weighted by atomic mass is 9.85. The molecule has 0 atom stereocenters. The van der Waals surface area contributed by atoms with E-state index in [0.29, 0.717) is 11.7 Å². The topological polar surface area (TPSA) is 41.1 Å². The minimum atomic E-state index is -0.242. The van der Waals surface area contributed by atoms with Crippen LogP contribution in [0.25, 0.3) is 17.2 Å². The fourth-order valence-corrected chi connectivity index (χ4v) is 4.74. The molecule has 2 N–H and O–H groups in total. The zero-order valence-electron chi connectivity index (χ0n) is 20.6. The summed E-state index contributed by atoms with van der Waals surface area (Å²) in [5.41, 5.74) is 8.77. The van der Waals surface area contributed by atoms with Gasteiger partial charge in [0.15, 0.2) is 0 Å². The first-order chi connectivity index (χ1) is 15.1. The molecule has 2 aromatic carbocycles. The van der Waals surface area contributed by atoms with E-state index in [4.69, 9.17) is 0 Å². The Bertz CT molecular complexity index is 1020. The Morgan fingerprint density at radius 3 is 2.16 bits per heavy atom. The van der Waals surface area contributed by atoms with Crippen LogP contribution >= 0.6 is 0 Å². The molecule has 3 nitrogen and oxygen atoms in total. The number of anilines is 1. The minimum Gasteiger partial charge on any atom is -0.381 e. The van der Waals surface area contributed by atoms with Crippen molar-refractivity contribution in [1.82, 2.24) is 5.32 Å². The van der Waals surface area contributed by atoms with Crippen LogP contribution in [-0.4, -0.2) is 18.0 Å². The van der Waals surface area contributed by atoms with Crippen molar-refractivity contribution in [2.75, 3.05) is 5.32 Å². The summed E-state index contributed by atoms with van der Waals surface area (Å²) in [6, 6.07) is 5.90. The van der Waals surface area contributed by atoms with Gasteiger partial charge in [-0.15, -0.1) is 0 Å². The fraction of sp³-hybridized carbons (Fsp3) is 0.464. The Morgan fingerprint density at radius 2 is 1.62 bits per heavy atom. The summed E-state index contributed by atoms with van der Waals surface area (Å²) in [4.78, 5) is 12.7. The van der Waals surface area contributed by atoms with Gasteiger partial charge in [0.05, 0.1) is 5.69 Å². The van der Waals surface area contributed by atoms with Gasteiger partial charge in [-0.3, -0.25) is 4.79 Å². The number of halogens is 1. The van der Waals surface area contributed by atoms with E-state index < -0.39 is 0 Å². The summed E-state index contributed by atoms with van der Waals surface area (Å²) in [5, 5.41) is 6.32. The highest BCUT2D eigenvalue weighted by Crippen LogP contribution is 2.36. The van der Waals surface area contributed by atoms with Crippen molar-refractivity contribution in [2.24, 2.45) is 0 Å². The number of carbonyl (C=O) groups excluding carboxylic acids is 1. The van der Waals surface area contributed by atoms with Crippen molar-refractivity contribution < 1.29 is 9.18 Å². The Morgan fingerprint density at radius 1 is 1.03 bits per heavy atom. The van der Waals surface area contributed by atoms with Crippen LogP contribution in [0, 0.1) is 33.5 Å². The molecule has 2 aromatic rings. The summed E-state index contributed by atoms with van der Waals surface area (Å²) in [6.07, 6.45) is 6.55. The van der Waals surface area contributed by atoms with E-state index in [0.717, 1.165) is 57.4 Å². The van der Waals surface area contributed by atoms with Crippen LogP contribution in [-0.2, 0) is 4.79 Å². The van der Waals surface area contributed by atoms with E-state index in [1.807, 2.05) is 39.0 Å². The molecule has 1 saturated carbocycles. The smallest absolute Gasteiger partial charge is 0.247 e. The van der Waals surface area contributed by atoms with E-state index in [1.54, 1.807) is 6.07 Å². The van der Waals surface area contributed by atoms with Crippen molar-refractivity contribution in [3.63, 3.8) is 0 Å². The Kier molecular flexibility index (Phi) is 7.43. The average Bonchev–Trinajstić information content (AvgIpc) is 3.24.